The maximum atomic E-state index is 7.57. The van der Waals surface area contributed by atoms with Crippen molar-refractivity contribution in [2.45, 2.75) is 20.3 Å². The summed E-state index contributed by atoms with van der Waals surface area (Å²) in [4.78, 5) is 0. The predicted molar refractivity (Wildman–Crippen MR) is 33.2 cm³/mol. The number of hydrogen-bond acceptors (Lipinski definition) is 1. The molecule has 0 saturated carbocycles. The monoisotopic (exact) mass is 102 g/mol. The molecule has 0 amide bonds. The van der Waals surface area contributed by atoms with Crippen molar-refractivity contribution in [2.75, 3.05) is 6.61 Å². The molecule has 0 fully saturated rings. The highest BCUT2D eigenvalue weighted by atomic mass is 16.2. The van der Waals surface area contributed by atoms with Gasteiger partial charge in [0, 0.05) is 6.61 Å². The summed E-state index contributed by atoms with van der Waals surface area (Å²) in [7, 11) is 0. The fourth-order valence-corrected chi connectivity index (χ4v) is 0. The topological polar surface area (TPSA) is 20.2 Å². The first-order valence-corrected chi connectivity index (χ1v) is 2.55. The van der Waals surface area contributed by atoms with E-state index in [4.69, 9.17) is 5.11 Å². The molecule has 0 aromatic heterocycles. The van der Waals surface area contributed by atoms with Gasteiger partial charge in [0.25, 0.3) is 0 Å². The molecule has 0 bridgehead atoms. The lowest BCUT2D eigenvalue weighted by Crippen LogP contribution is -1.57. The highest BCUT2D eigenvalue weighted by Crippen LogP contribution is 1.66. The quantitative estimate of drug-likeness (QED) is 0.498. The van der Waals surface area contributed by atoms with E-state index >= 15 is 0 Å². The highest BCUT2D eigenvalue weighted by Gasteiger charge is 1.45. The number of hydrogen-bond donors (Lipinski definition) is 1. The van der Waals surface area contributed by atoms with E-state index in [1.165, 1.54) is 0 Å². The van der Waals surface area contributed by atoms with E-state index in [0.29, 0.717) is 0 Å². The molecule has 0 aliphatic heterocycles. The summed E-state index contributed by atoms with van der Waals surface area (Å²) in [6.07, 6.45) is 2.96. The third kappa shape index (κ3) is 159. The van der Waals surface area contributed by atoms with Crippen molar-refractivity contribution in [1.29, 1.82) is 0 Å². The number of rotatable bonds is 1. The molecule has 0 aromatic rings. The minimum atomic E-state index is 0.250. The smallest absolute Gasteiger partial charge is 0.0402 e. The fraction of sp³-hybridized carbons (Fsp3) is 0.667. The first-order chi connectivity index (χ1) is 3.33. The Hall–Kier alpha value is -0.300. The average Bonchev–Trinajstić information content (AvgIpc) is 1.69. The zero-order chi connectivity index (χ0) is 6.12. The Balaban J connectivity index is 0. The SMILES string of the molecule is C=CCC.CCO. The van der Waals surface area contributed by atoms with Gasteiger partial charge in [-0.3, -0.25) is 0 Å². The lowest BCUT2D eigenvalue weighted by molar-refractivity contribution is 0.318. The molecule has 0 heterocycles. The zero-order valence-electron chi connectivity index (χ0n) is 5.15. The average molecular weight is 102 g/mol. The fourth-order valence-electron chi connectivity index (χ4n) is 0. The van der Waals surface area contributed by atoms with Crippen LogP contribution < -0.4 is 0 Å². The zero-order valence-corrected chi connectivity index (χ0v) is 5.15. The van der Waals surface area contributed by atoms with Gasteiger partial charge in [0.15, 0.2) is 0 Å². The van der Waals surface area contributed by atoms with Crippen LogP contribution in [0.3, 0.4) is 0 Å². The van der Waals surface area contributed by atoms with E-state index in [2.05, 4.69) is 13.5 Å². The van der Waals surface area contributed by atoms with Gasteiger partial charge in [0.2, 0.25) is 0 Å². The van der Waals surface area contributed by atoms with Crippen LogP contribution in [0.15, 0.2) is 12.7 Å². The third-order valence-electron chi connectivity index (χ3n) is 0.289. The second kappa shape index (κ2) is 17.3. The molecular weight excluding hydrogens is 88.1 g/mol. The van der Waals surface area contributed by atoms with E-state index in [0.717, 1.165) is 6.42 Å². The maximum absolute atomic E-state index is 7.57. The van der Waals surface area contributed by atoms with Crippen LogP contribution in [0, 0.1) is 0 Å². The maximum Gasteiger partial charge on any atom is 0.0402 e. The summed E-state index contributed by atoms with van der Waals surface area (Å²) in [6.45, 7) is 7.47. The minimum Gasteiger partial charge on any atom is -0.397 e. The van der Waals surface area contributed by atoms with Crippen molar-refractivity contribution in [3.8, 4) is 0 Å². The van der Waals surface area contributed by atoms with Gasteiger partial charge >= 0.3 is 0 Å². The van der Waals surface area contributed by atoms with Crippen LogP contribution in [0.2, 0.25) is 0 Å². The second-order valence-corrected chi connectivity index (χ2v) is 1.01. The Kier molecular flexibility index (Phi) is 24.3. The van der Waals surface area contributed by atoms with Crippen LogP contribution in [0.25, 0.3) is 0 Å². The van der Waals surface area contributed by atoms with Crippen molar-refractivity contribution >= 4 is 0 Å². The molecule has 0 rings (SSSR count). The normalized spacial score (nSPS) is 6.14. The Labute approximate surface area is 45.7 Å². The number of aliphatic hydroxyl groups is 1. The van der Waals surface area contributed by atoms with Crippen LogP contribution in [-0.2, 0) is 0 Å². The Morgan fingerprint density at radius 1 is 1.57 bits per heavy atom. The number of allylic oxidation sites excluding steroid dienone is 1. The van der Waals surface area contributed by atoms with Gasteiger partial charge in [0.05, 0.1) is 0 Å². The standard InChI is InChI=1S/C4H8.C2H6O/c1-3-4-2;1-2-3/h3H,1,4H2,2H3;3H,2H2,1H3. The molecule has 1 heteroatoms. The molecule has 0 spiro atoms. The summed E-state index contributed by atoms with van der Waals surface area (Å²) in [5.41, 5.74) is 0. The third-order valence-corrected chi connectivity index (χ3v) is 0.289. The van der Waals surface area contributed by atoms with Crippen molar-refractivity contribution in [1.82, 2.24) is 0 Å². The molecule has 0 saturated heterocycles. The summed E-state index contributed by atoms with van der Waals surface area (Å²) >= 11 is 0. The van der Waals surface area contributed by atoms with Crippen LogP contribution >= 0.6 is 0 Å². The first-order valence-electron chi connectivity index (χ1n) is 2.55. The largest absolute Gasteiger partial charge is 0.397 e. The van der Waals surface area contributed by atoms with Gasteiger partial charge in [-0.25, -0.2) is 0 Å². The van der Waals surface area contributed by atoms with Crippen molar-refractivity contribution in [3.05, 3.63) is 12.7 Å². The van der Waals surface area contributed by atoms with Gasteiger partial charge in [-0.2, -0.15) is 0 Å². The summed E-state index contributed by atoms with van der Waals surface area (Å²) in [5.74, 6) is 0. The van der Waals surface area contributed by atoms with Crippen molar-refractivity contribution in [3.63, 3.8) is 0 Å². The molecule has 1 N–H and O–H groups in total. The molecule has 0 aromatic carbocycles. The highest BCUT2D eigenvalue weighted by molar-refractivity contribution is 4.60. The molecule has 0 unspecified atom stereocenters. The van der Waals surface area contributed by atoms with E-state index < -0.39 is 0 Å². The van der Waals surface area contributed by atoms with Crippen LogP contribution in [-0.4, -0.2) is 11.7 Å². The van der Waals surface area contributed by atoms with Gasteiger partial charge in [-0.15, -0.1) is 6.58 Å². The van der Waals surface area contributed by atoms with Gasteiger partial charge in [-0.1, -0.05) is 13.0 Å². The van der Waals surface area contributed by atoms with E-state index in [-0.39, 0.29) is 6.61 Å². The van der Waals surface area contributed by atoms with E-state index in [1.807, 2.05) is 6.08 Å². The summed E-state index contributed by atoms with van der Waals surface area (Å²) in [5, 5.41) is 7.57. The molecular formula is C6H14O. The lowest BCUT2D eigenvalue weighted by atomic mass is 10.5. The van der Waals surface area contributed by atoms with Gasteiger partial charge in [0.1, 0.15) is 0 Å². The molecule has 7 heavy (non-hydrogen) atoms. The van der Waals surface area contributed by atoms with E-state index in [9.17, 15) is 0 Å². The summed E-state index contributed by atoms with van der Waals surface area (Å²) in [6, 6.07) is 0. The van der Waals surface area contributed by atoms with Crippen LogP contribution in [0.1, 0.15) is 20.3 Å². The van der Waals surface area contributed by atoms with Crippen molar-refractivity contribution in [2.24, 2.45) is 0 Å². The first kappa shape index (κ1) is 9.85. The van der Waals surface area contributed by atoms with Crippen molar-refractivity contribution < 1.29 is 5.11 Å². The Bertz CT molecular complexity index is 25.4. The predicted octanol–water partition coefficient (Wildman–Crippen LogP) is 1.58. The number of aliphatic hydroxyl groups excluding tert-OH is 1. The molecule has 0 atom stereocenters. The van der Waals surface area contributed by atoms with Gasteiger partial charge < -0.3 is 5.11 Å². The molecule has 0 radical (unpaired) electrons. The van der Waals surface area contributed by atoms with Crippen LogP contribution in [0.5, 0.6) is 0 Å². The molecule has 0 aliphatic rings. The summed E-state index contributed by atoms with van der Waals surface area (Å²) < 4.78 is 0. The molecule has 44 valence electrons. The Morgan fingerprint density at radius 3 is 1.71 bits per heavy atom. The lowest BCUT2D eigenvalue weighted by Gasteiger charge is -1.57. The Morgan fingerprint density at radius 2 is 1.71 bits per heavy atom. The van der Waals surface area contributed by atoms with Gasteiger partial charge in [-0.05, 0) is 13.3 Å². The molecule has 0 aliphatic carbocycles. The molecule has 1 nitrogen and oxygen atoms in total. The second-order valence-electron chi connectivity index (χ2n) is 1.01. The van der Waals surface area contributed by atoms with E-state index in [1.54, 1.807) is 6.92 Å². The minimum absolute atomic E-state index is 0.250. The van der Waals surface area contributed by atoms with Crippen LogP contribution in [0.4, 0.5) is 0 Å².